The maximum atomic E-state index is 12.9. The van der Waals surface area contributed by atoms with Crippen molar-refractivity contribution in [3.63, 3.8) is 0 Å². The molecule has 0 atom stereocenters. The van der Waals surface area contributed by atoms with E-state index in [4.69, 9.17) is 4.42 Å². The molecule has 1 aromatic carbocycles. The van der Waals surface area contributed by atoms with Crippen molar-refractivity contribution in [2.45, 2.75) is 12.8 Å². The highest BCUT2D eigenvalue weighted by molar-refractivity contribution is 5.76. The number of pyridine rings is 1. The number of hydrogen-bond donors (Lipinski definition) is 1. The third kappa shape index (κ3) is 2.85. The summed E-state index contributed by atoms with van der Waals surface area (Å²) in [5.41, 5.74) is 3.56. The van der Waals surface area contributed by atoms with E-state index in [1.165, 1.54) is 12.1 Å². The molecular weight excluding hydrogens is 293 g/mol. The van der Waals surface area contributed by atoms with Crippen LogP contribution in [0.1, 0.15) is 11.4 Å². The Morgan fingerprint density at radius 1 is 1.09 bits per heavy atom. The van der Waals surface area contributed by atoms with Gasteiger partial charge in [-0.15, -0.1) is 0 Å². The lowest BCUT2D eigenvalue weighted by Crippen LogP contribution is -1.93. The van der Waals surface area contributed by atoms with E-state index >= 15 is 0 Å². The zero-order chi connectivity index (χ0) is 15.6. The summed E-state index contributed by atoms with van der Waals surface area (Å²) in [4.78, 5) is 12.2. The van der Waals surface area contributed by atoms with Gasteiger partial charge in [0.05, 0.1) is 11.8 Å². The van der Waals surface area contributed by atoms with Crippen LogP contribution in [0.5, 0.6) is 0 Å². The zero-order valence-corrected chi connectivity index (χ0v) is 12.3. The highest BCUT2D eigenvalue weighted by Gasteiger charge is 2.08. The number of benzene rings is 1. The van der Waals surface area contributed by atoms with E-state index in [9.17, 15) is 4.39 Å². The lowest BCUT2D eigenvalue weighted by molar-refractivity contribution is 0.582. The maximum absolute atomic E-state index is 12.9. The van der Waals surface area contributed by atoms with Crippen molar-refractivity contribution >= 4 is 11.2 Å². The average molecular weight is 307 g/mol. The van der Waals surface area contributed by atoms with Crippen molar-refractivity contribution in [2.75, 3.05) is 0 Å². The van der Waals surface area contributed by atoms with Crippen LogP contribution in [0.3, 0.4) is 0 Å². The number of H-pyrrole nitrogens is 1. The molecule has 23 heavy (non-hydrogen) atoms. The van der Waals surface area contributed by atoms with E-state index in [-0.39, 0.29) is 5.82 Å². The number of hydrogen-bond acceptors (Lipinski definition) is 3. The van der Waals surface area contributed by atoms with Crippen molar-refractivity contribution < 1.29 is 8.81 Å². The number of halogens is 1. The zero-order valence-electron chi connectivity index (χ0n) is 12.3. The first-order valence-electron chi connectivity index (χ1n) is 7.41. The van der Waals surface area contributed by atoms with Gasteiger partial charge in [0.15, 0.2) is 5.65 Å². The normalized spacial score (nSPS) is 11.2. The van der Waals surface area contributed by atoms with Crippen LogP contribution in [0, 0.1) is 5.82 Å². The third-order valence-electron chi connectivity index (χ3n) is 3.76. The minimum absolute atomic E-state index is 0.216. The second-order valence-electron chi connectivity index (χ2n) is 5.38. The average Bonchev–Trinajstić information content (AvgIpc) is 3.23. The van der Waals surface area contributed by atoms with Crippen LogP contribution >= 0.6 is 0 Å². The highest BCUT2D eigenvalue weighted by Crippen LogP contribution is 2.22. The van der Waals surface area contributed by atoms with E-state index in [0.29, 0.717) is 5.65 Å². The Morgan fingerprint density at radius 3 is 2.74 bits per heavy atom. The number of nitrogens with one attached hydrogen (secondary N) is 1. The Labute approximate surface area is 132 Å². The molecule has 0 aliphatic heterocycles. The van der Waals surface area contributed by atoms with E-state index in [1.54, 1.807) is 24.6 Å². The first-order chi connectivity index (χ1) is 11.3. The molecule has 3 heterocycles. The van der Waals surface area contributed by atoms with Gasteiger partial charge < -0.3 is 9.40 Å². The largest absolute Gasteiger partial charge is 0.464 e. The van der Waals surface area contributed by atoms with Gasteiger partial charge in [-0.3, -0.25) is 0 Å². The van der Waals surface area contributed by atoms with Gasteiger partial charge >= 0.3 is 0 Å². The van der Waals surface area contributed by atoms with Gasteiger partial charge in [-0.1, -0.05) is 12.1 Å². The number of furan rings is 1. The lowest BCUT2D eigenvalue weighted by atomic mass is 10.1. The number of nitrogens with zero attached hydrogens (tertiary/aromatic N) is 2. The summed E-state index contributed by atoms with van der Waals surface area (Å²) >= 11 is 0. The number of rotatable bonds is 4. The summed E-state index contributed by atoms with van der Waals surface area (Å²) in [5, 5.41) is 0. The Balaban J connectivity index is 1.55. The van der Waals surface area contributed by atoms with E-state index < -0.39 is 0 Å². The maximum Gasteiger partial charge on any atom is 0.177 e. The summed E-state index contributed by atoms with van der Waals surface area (Å²) in [6, 6.07) is 12.3. The standard InChI is InChI=1S/C18H14FN3O/c19-14-6-3-12(4-7-14)5-8-17-21-15-10-13(11-20-18(15)22-17)16-2-1-9-23-16/h1-4,6-7,9-11H,5,8H2,(H,20,21,22). The summed E-state index contributed by atoms with van der Waals surface area (Å²) < 4.78 is 18.3. The molecule has 3 aromatic heterocycles. The monoisotopic (exact) mass is 307 g/mol. The molecule has 0 amide bonds. The van der Waals surface area contributed by atoms with Crippen LogP contribution in [0.15, 0.2) is 59.3 Å². The molecule has 0 aliphatic carbocycles. The minimum Gasteiger partial charge on any atom is -0.464 e. The summed E-state index contributed by atoms with van der Waals surface area (Å²) in [7, 11) is 0. The molecule has 4 rings (SSSR count). The van der Waals surface area contributed by atoms with Gasteiger partial charge in [-0.2, -0.15) is 0 Å². The fourth-order valence-corrected chi connectivity index (χ4v) is 2.56. The molecule has 4 nitrogen and oxygen atoms in total. The summed E-state index contributed by atoms with van der Waals surface area (Å²) in [6.45, 7) is 0. The molecular formula is C18H14FN3O. The fraction of sp³-hybridized carbons (Fsp3) is 0.111. The molecule has 4 aromatic rings. The number of imidazole rings is 1. The Morgan fingerprint density at radius 2 is 1.96 bits per heavy atom. The smallest absolute Gasteiger partial charge is 0.177 e. The second-order valence-corrected chi connectivity index (χ2v) is 5.38. The number of aromatic nitrogens is 3. The fourth-order valence-electron chi connectivity index (χ4n) is 2.56. The van der Waals surface area contributed by atoms with Crippen molar-refractivity contribution in [3.05, 3.63) is 72.1 Å². The molecule has 0 spiro atoms. The van der Waals surface area contributed by atoms with Gasteiger partial charge in [0.25, 0.3) is 0 Å². The van der Waals surface area contributed by atoms with Gasteiger partial charge in [0.1, 0.15) is 17.4 Å². The van der Waals surface area contributed by atoms with Gasteiger partial charge in [-0.05, 0) is 42.3 Å². The van der Waals surface area contributed by atoms with E-state index in [1.807, 2.05) is 18.2 Å². The van der Waals surface area contributed by atoms with Crippen LogP contribution in [0.4, 0.5) is 4.39 Å². The molecule has 0 unspecified atom stereocenters. The van der Waals surface area contributed by atoms with Gasteiger partial charge in [0.2, 0.25) is 0 Å². The van der Waals surface area contributed by atoms with Crippen molar-refractivity contribution in [1.82, 2.24) is 15.0 Å². The molecule has 0 bridgehead atoms. The highest BCUT2D eigenvalue weighted by atomic mass is 19.1. The Kier molecular flexibility index (Phi) is 3.38. The predicted octanol–water partition coefficient (Wildman–Crippen LogP) is 4.14. The molecule has 5 heteroatoms. The summed E-state index contributed by atoms with van der Waals surface area (Å²) in [5.74, 6) is 1.43. The van der Waals surface area contributed by atoms with Crippen LogP contribution in [-0.4, -0.2) is 15.0 Å². The molecule has 0 saturated heterocycles. The number of fused-ring (bicyclic) bond motifs is 1. The topological polar surface area (TPSA) is 54.7 Å². The van der Waals surface area contributed by atoms with Crippen LogP contribution < -0.4 is 0 Å². The Hall–Kier alpha value is -2.95. The summed E-state index contributed by atoms with van der Waals surface area (Å²) in [6.07, 6.45) is 4.94. The van der Waals surface area contributed by atoms with Crippen LogP contribution in [-0.2, 0) is 12.8 Å². The van der Waals surface area contributed by atoms with E-state index in [2.05, 4.69) is 15.0 Å². The quantitative estimate of drug-likeness (QED) is 0.616. The molecule has 1 N–H and O–H groups in total. The number of aromatic amines is 1. The number of aryl methyl sites for hydroxylation is 2. The molecule has 0 saturated carbocycles. The van der Waals surface area contributed by atoms with Crippen molar-refractivity contribution in [3.8, 4) is 11.3 Å². The molecule has 0 radical (unpaired) electrons. The molecule has 0 fully saturated rings. The van der Waals surface area contributed by atoms with Gasteiger partial charge in [0, 0.05) is 18.2 Å². The lowest BCUT2D eigenvalue weighted by Gasteiger charge is -1.98. The van der Waals surface area contributed by atoms with Gasteiger partial charge in [-0.25, -0.2) is 14.4 Å². The molecule has 0 aliphatic rings. The second kappa shape index (κ2) is 5.68. The van der Waals surface area contributed by atoms with Crippen molar-refractivity contribution in [2.24, 2.45) is 0 Å². The van der Waals surface area contributed by atoms with Crippen molar-refractivity contribution in [1.29, 1.82) is 0 Å². The van der Waals surface area contributed by atoms with E-state index in [0.717, 1.165) is 41.1 Å². The van der Waals surface area contributed by atoms with Crippen LogP contribution in [0.25, 0.3) is 22.5 Å². The first-order valence-corrected chi connectivity index (χ1v) is 7.41. The SMILES string of the molecule is Fc1ccc(CCc2nc3ncc(-c4ccco4)cc3[nH]2)cc1. The van der Waals surface area contributed by atoms with Crippen LogP contribution in [0.2, 0.25) is 0 Å². The predicted molar refractivity (Wildman–Crippen MR) is 85.4 cm³/mol. The molecule has 114 valence electrons. The third-order valence-corrected chi connectivity index (χ3v) is 3.76. The minimum atomic E-state index is -0.216. The first kappa shape index (κ1) is 13.7. The Bertz CT molecular complexity index is 927.